The summed E-state index contributed by atoms with van der Waals surface area (Å²) in [5.41, 5.74) is 4.33. The maximum Gasteiger partial charge on any atom is 0.310 e. The third-order valence-corrected chi connectivity index (χ3v) is 6.24. The first-order valence-electron chi connectivity index (χ1n) is 8.63. The number of ether oxygens (including phenoxy) is 1. The van der Waals surface area contributed by atoms with Crippen LogP contribution in [0.5, 0.6) is 0 Å². The highest BCUT2D eigenvalue weighted by Gasteiger charge is 2.39. The number of fused-ring (bicyclic) bond motifs is 1. The normalized spacial score (nSPS) is 17.6. The Morgan fingerprint density at radius 3 is 2.69 bits per heavy atom. The number of methoxy groups -OCH3 is 1. The minimum absolute atomic E-state index is 0.0486. The molecule has 0 aliphatic carbocycles. The molecule has 1 heterocycles. The first-order chi connectivity index (χ1) is 12.4. The van der Waals surface area contributed by atoms with E-state index < -0.39 is 11.2 Å². The van der Waals surface area contributed by atoms with Crippen molar-refractivity contribution in [3.63, 3.8) is 0 Å². The molecule has 0 N–H and O–H groups in total. The molecule has 2 aromatic rings. The Morgan fingerprint density at radius 2 is 1.96 bits per heavy atom. The van der Waals surface area contributed by atoms with E-state index in [2.05, 4.69) is 25.1 Å². The smallest absolute Gasteiger partial charge is 0.310 e. The molecule has 0 saturated heterocycles. The number of anilines is 1. The number of carbonyl (C=O) groups excluding carboxylic acids is 2. The highest BCUT2D eigenvalue weighted by molar-refractivity contribution is 8.01. The standard InChI is InChI=1S/C21H23NO3S/c1-13-9-10-14(2)16(11-13)12-22-17-7-5-6-8-18(17)26-19(20(22)23)15(3)21(24)25-4/h5-11,15,19H,12H2,1-4H3/t15-,19+/m0/s1. The minimum atomic E-state index is -0.507. The minimum Gasteiger partial charge on any atom is -0.469 e. The van der Waals surface area contributed by atoms with Gasteiger partial charge in [0.25, 0.3) is 0 Å². The Bertz CT molecular complexity index is 849. The summed E-state index contributed by atoms with van der Waals surface area (Å²) in [5, 5.41) is -0.484. The van der Waals surface area contributed by atoms with Crippen LogP contribution in [0, 0.1) is 19.8 Å². The van der Waals surface area contributed by atoms with E-state index in [4.69, 9.17) is 4.74 Å². The van der Waals surface area contributed by atoms with Gasteiger partial charge < -0.3 is 9.64 Å². The quantitative estimate of drug-likeness (QED) is 0.761. The summed E-state index contributed by atoms with van der Waals surface area (Å²) in [6, 6.07) is 14.1. The van der Waals surface area contributed by atoms with Gasteiger partial charge in [0, 0.05) is 4.90 Å². The lowest BCUT2D eigenvalue weighted by Gasteiger charge is -2.35. The van der Waals surface area contributed by atoms with Gasteiger partial charge in [0.1, 0.15) is 5.25 Å². The van der Waals surface area contributed by atoms with Crippen LogP contribution in [0.3, 0.4) is 0 Å². The maximum absolute atomic E-state index is 13.2. The Balaban J connectivity index is 2.00. The third-order valence-electron chi connectivity index (χ3n) is 4.78. The number of nitrogens with zero attached hydrogens (tertiary/aromatic N) is 1. The molecule has 0 radical (unpaired) electrons. The zero-order chi connectivity index (χ0) is 18.8. The number of para-hydroxylation sites is 1. The molecule has 0 fully saturated rings. The van der Waals surface area contributed by atoms with Crippen LogP contribution in [0.2, 0.25) is 0 Å². The maximum atomic E-state index is 13.2. The van der Waals surface area contributed by atoms with Crippen molar-refractivity contribution in [3.05, 3.63) is 59.2 Å². The van der Waals surface area contributed by atoms with Gasteiger partial charge in [0.2, 0.25) is 5.91 Å². The molecule has 0 aromatic heterocycles. The lowest BCUT2D eigenvalue weighted by Crippen LogP contribution is -2.45. The van der Waals surface area contributed by atoms with E-state index in [-0.39, 0.29) is 11.9 Å². The van der Waals surface area contributed by atoms with Crippen LogP contribution < -0.4 is 4.90 Å². The lowest BCUT2D eigenvalue weighted by atomic mass is 10.0. The largest absolute Gasteiger partial charge is 0.469 e. The molecular weight excluding hydrogens is 346 g/mol. The van der Waals surface area contributed by atoms with Gasteiger partial charge in [-0.2, -0.15) is 0 Å². The molecule has 26 heavy (non-hydrogen) atoms. The van der Waals surface area contributed by atoms with Gasteiger partial charge in [-0.15, -0.1) is 11.8 Å². The van der Waals surface area contributed by atoms with Crippen LogP contribution in [0.1, 0.15) is 23.6 Å². The third kappa shape index (κ3) is 3.49. The van der Waals surface area contributed by atoms with Crippen LogP contribution in [0.15, 0.2) is 47.4 Å². The van der Waals surface area contributed by atoms with E-state index in [9.17, 15) is 9.59 Å². The van der Waals surface area contributed by atoms with Gasteiger partial charge in [-0.25, -0.2) is 0 Å². The Hall–Kier alpha value is -2.27. The van der Waals surface area contributed by atoms with E-state index in [1.807, 2.05) is 31.2 Å². The van der Waals surface area contributed by atoms with E-state index in [1.54, 1.807) is 11.8 Å². The summed E-state index contributed by atoms with van der Waals surface area (Å²) < 4.78 is 4.87. The Morgan fingerprint density at radius 1 is 1.23 bits per heavy atom. The average molecular weight is 369 g/mol. The van der Waals surface area contributed by atoms with Crippen LogP contribution in [0.4, 0.5) is 5.69 Å². The number of amides is 1. The molecule has 0 spiro atoms. The first kappa shape index (κ1) is 18.5. The second-order valence-electron chi connectivity index (χ2n) is 6.67. The number of rotatable bonds is 4. The second kappa shape index (κ2) is 7.54. The predicted octanol–water partition coefficient (Wildman–Crippen LogP) is 4.12. The number of hydrogen-bond donors (Lipinski definition) is 0. The van der Waals surface area contributed by atoms with Crippen LogP contribution in [-0.4, -0.2) is 24.2 Å². The fourth-order valence-corrected chi connectivity index (χ4v) is 4.44. The van der Waals surface area contributed by atoms with Crippen molar-refractivity contribution in [3.8, 4) is 0 Å². The Labute approximate surface area is 158 Å². The zero-order valence-electron chi connectivity index (χ0n) is 15.5. The molecule has 5 heteroatoms. The highest BCUT2D eigenvalue weighted by Crippen LogP contribution is 2.42. The van der Waals surface area contributed by atoms with Gasteiger partial charge in [-0.1, -0.05) is 42.8 Å². The highest BCUT2D eigenvalue weighted by atomic mass is 32.2. The van der Waals surface area contributed by atoms with E-state index in [1.165, 1.54) is 18.9 Å². The van der Waals surface area contributed by atoms with Gasteiger partial charge in [0.05, 0.1) is 25.3 Å². The zero-order valence-corrected chi connectivity index (χ0v) is 16.3. The fraction of sp³-hybridized carbons (Fsp3) is 0.333. The van der Waals surface area contributed by atoms with E-state index in [0.29, 0.717) is 6.54 Å². The summed E-state index contributed by atoms with van der Waals surface area (Å²) in [6.07, 6.45) is 0. The summed E-state index contributed by atoms with van der Waals surface area (Å²) in [5.74, 6) is -0.915. The van der Waals surface area contributed by atoms with Crippen molar-refractivity contribution in [2.75, 3.05) is 12.0 Å². The number of esters is 1. The van der Waals surface area contributed by atoms with Crippen molar-refractivity contribution < 1.29 is 14.3 Å². The van der Waals surface area contributed by atoms with Crippen molar-refractivity contribution >= 4 is 29.3 Å². The molecule has 0 saturated carbocycles. The number of thioether (sulfide) groups is 1. The molecule has 2 aromatic carbocycles. The van der Waals surface area contributed by atoms with E-state index >= 15 is 0 Å². The summed E-state index contributed by atoms with van der Waals surface area (Å²) >= 11 is 1.45. The van der Waals surface area contributed by atoms with Crippen LogP contribution in [-0.2, 0) is 20.9 Å². The number of benzene rings is 2. The first-order valence-corrected chi connectivity index (χ1v) is 9.51. The van der Waals surface area contributed by atoms with Gasteiger partial charge in [-0.05, 0) is 37.1 Å². The van der Waals surface area contributed by atoms with Gasteiger partial charge >= 0.3 is 5.97 Å². The van der Waals surface area contributed by atoms with Crippen molar-refractivity contribution in [1.82, 2.24) is 0 Å². The SMILES string of the molecule is COC(=O)[C@@H](C)[C@H]1Sc2ccccc2N(Cc2cc(C)ccc2C)C1=O. The van der Waals surface area contributed by atoms with Crippen molar-refractivity contribution in [2.24, 2.45) is 5.92 Å². The lowest BCUT2D eigenvalue weighted by molar-refractivity contribution is -0.146. The molecule has 2 atom stereocenters. The average Bonchev–Trinajstić information content (AvgIpc) is 2.65. The molecule has 1 aliphatic heterocycles. The van der Waals surface area contributed by atoms with Crippen molar-refractivity contribution in [1.29, 1.82) is 0 Å². The molecule has 1 aliphatic rings. The summed E-state index contributed by atoms with van der Waals surface area (Å²) in [7, 11) is 1.36. The number of carbonyl (C=O) groups is 2. The fourth-order valence-electron chi connectivity index (χ4n) is 3.17. The number of aryl methyl sites for hydroxylation is 2. The van der Waals surface area contributed by atoms with Crippen molar-refractivity contribution in [2.45, 2.75) is 37.5 Å². The van der Waals surface area contributed by atoms with E-state index in [0.717, 1.165) is 27.3 Å². The molecular formula is C21H23NO3S. The van der Waals surface area contributed by atoms with Crippen LogP contribution >= 0.6 is 11.8 Å². The number of hydrogen-bond acceptors (Lipinski definition) is 4. The second-order valence-corrected chi connectivity index (χ2v) is 7.86. The predicted molar refractivity (Wildman–Crippen MR) is 104 cm³/mol. The Kier molecular flexibility index (Phi) is 5.37. The molecule has 4 nitrogen and oxygen atoms in total. The monoisotopic (exact) mass is 369 g/mol. The van der Waals surface area contributed by atoms with Gasteiger partial charge in [0.15, 0.2) is 0 Å². The molecule has 0 unspecified atom stereocenters. The topological polar surface area (TPSA) is 46.6 Å². The summed E-state index contributed by atoms with van der Waals surface area (Å²) in [4.78, 5) is 28.1. The summed E-state index contributed by atoms with van der Waals surface area (Å²) in [6.45, 7) is 6.35. The molecule has 136 valence electrons. The molecule has 1 amide bonds. The van der Waals surface area contributed by atoms with Crippen LogP contribution in [0.25, 0.3) is 0 Å². The molecule has 0 bridgehead atoms. The molecule has 3 rings (SSSR count). The van der Waals surface area contributed by atoms with Gasteiger partial charge in [-0.3, -0.25) is 9.59 Å².